The third kappa shape index (κ3) is 12.4. The molecule has 0 aliphatic rings. The Morgan fingerprint density at radius 1 is 0.181 bits per heavy atom. The molecule has 4 heteroatoms. The summed E-state index contributed by atoms with van der Waals surface area (Å²) in [6.07, 6.45) is 0. The van der Waals surface area contributed by atoms with Crippen LogP contribution in [-0.2, 0) is 0 Å². The molecule has 0 bridgehead atoms. The van der Waals surface area contributed by atoms with E-state index in [4.69, 9.17) is 0 Å². The van der Waals surface area contributed by atoms with E-state index in [0.717, 1.165) is 37.1 Å². The van der Waals surface area contributed by atoms with E-state index in [-0.39, 0.29) is 7.43 Å². The van der Waals surface area contributed by atoms with E-state index >= 15 is 0 Å². The molecule has 2 nitrogen and oxygen atoms in total. The molecule has 0 heterocycles. The van der Waals surface area contributed by atoms with Crippen LogP contribution in [0.1, 0.15) is 7.43 Å². The van der Waals surface area contributed by atoms with E-state index in [9.17, 15) is 10.0 Å². The Morgan fingerprint density at radius 2 is 0.438 bits per heavy atom. The molecule has 0 aromatic heterocycles. The molecule has 0 saturated carbocycles. The average Bonchev–Trinajstić information content (AvgIpc) is 0.740. The predicted octanol–water partition coefficient (Wildman–Crippen LogP) is 27.3. The second-order valence-electron chi connectivity index (χ2n) is 26.8. The molecule has 20 rings (SSSR count). The molecule has 496 valence electrons. The number of hydrogen-bond acceptors (Lipinski definition) is 2. The summed E-state index contributed by atoms with van der Waals surface area (Å²) in [6, 6.07) is 139. The summed E-state index contributed by atoms with van der Waals surface area (Å²) in [7, 11) is -1.54. The van der Waals surface area contributed by atoms with E-state index in [1.54, 1.807) is 0 Å². The quantitative estimate of drug-likeness (QED) is 0.0904. The third-order valence-electron chi connectivity index (χ3n) is 20.8. The lowest BCUT2D eigenvalue weighted by Crippen LogP contribution is -2.31. The summed E-state index contributed by atoms with van der Waals surface area (Å²) >= 11 is 3.55. The molecule has 2 N–H and O–H groups in total. The lowest BCUT2D eigenvalue weighted by Gasteiger charge is -2.18. The van der Waals surface area contributed by atoms with Gasteiger partial charge in [0.15, 0.2) is 0 Å². The highest BCUT2D eigenvalue weighted by atomic mass is 79.9. The van der Waals surface area contributed by atoms with Crippen LogP contribution < -0.4 is 5.46 Å². The van der Waals surface area contributed by atoms with Crippen molar-refractivity contribution in [1.82, 2.24) is 0 Å². The monoisotopic (exact) mass is 1400 g/mol. The van der Waals surface area contributed by atoms with Crippen molar-refractivity contribution < 1.29 is 10.0 Å². The van der Waals surface area contributed by atoms with E-state index < -0.39 is 7.12 Å². The molecule has 0 saturated heterocycles. The maximum atomic E-state index is 10.2. The van der Waals surface area contributed by atoms with Crippen molar-refractivity contribution in [2.75, 3.05) is 0 Å². The topological polar surface area (TPSA) is 40.5 Å². The molecular formula is C101H70BBrO2. The lowest BCUT2D eigenvalue weighted by molar-refractivity contribution is 0.426. The summed E-state index contributed by atoms with van der Waals surface area (Å²) in [5, 5.41) is 44.5. The van der Waals surface area contributed by atoms with E-state index in [0.29, 0.717) is 5.46 Å². The Bertz CT molecular complexity index is 6590. The molecular weight excluding hydrogens is 1340 g/mol. The highest BCUT2D eigenvalue weighted by Crippen LogP contribution is 2.46. The van der Waals surface area contributed by atoms with Crippen molar-refractivity contribution in [3.05, 3.63) is 393 Å². The van der Waals surface area contributed by atoms with Gasteiger partial charge in [-0.05, 0) is 221 Å². The van der Waals surface area contributed by atoms with Gasteiger partial charge in [-0.2, -0.15) is 0 Å². The summed E-state index contributed by atoms with van der Waals surface area (Å²) in [6.45, 7) is 0. The number of benzene rings is 20. The zero-order valence-corrected chi connectivity index (χ0v) is 58.4. The van der Waals surface area contributed by atoms with Gasteiger partial charge >= 0.3 is 7.12 Å². The van der Waals surface area contributed by atoms with Crippen LogP contribution in [0, 0.1) is 0 Å². The first kappa shape index (κ1) is 65.8. The zero-order valence-electron chi connectivity index (χ0n) is 56.8. The third-order valence-corrected chi connectivity index (χ3v) is 21.3. The van der Waals surface area contributed by atoms with E-state index in [1.807, 2.05) is 36.4 Å². The van der Waals surface area contributed by atoms with Crippen molar-refractivity contribution in [3.8, 4) is 77.9 Å². The number of halogens is 1. The van der Waals surface area contributed by atoms with Gasteiger partial charge in [0.05, 0.1) is 0 Å². The first-order valence-electron chi connectivity index (χ1n) is 35.4. The van der Waals surface area contributed by atoms with E-state index in [1.165, 1.54) is 153 Å². The fourth-order valence-corrected chi connectivity index (χ4v) is 16.4. The van der Waals surface area contributed by atoms with Crippen LogP contribution in [0.4, 0.5) is 0 Å². The van der Waals surface area contributed by atoms with Crippen molar-refractivity contribution in [3.63, 3.8) is 0 Å². The van der Waals surface area contributed by atoms with Gasteiger partial charge < -0.3 is 10.0 Å². The normalized spacial score (nSPS) is 11.3. The summed E-state index contributed by atoms with van der Waals surface area (Å²) in [4.78, 5) is 0. The SMILES string of the molecule is Brc1cccc(-c2ccc3ccc4ccccc4c3c2)c1.C.OB(O)c1c2ccccc2c(-c2ccc(-c3cccc4ccccc34)cc2)c2ccccc12.c1cc(-c2ccc3ccc4ccccc4c3c2)cc(-c2c3ccccc3c(-c3ccc(-c4cccc5ccccc45)cc3)c3ccccc23)c1. The van der Waals surface area contributed by atoms with Gasteiger partial charge in [-0.3, -0.25) is 0 Å². The maximum Gasteiger partial charge on any atom is 0.489 e. The van der Waals surface area contributed by atoms with Crippen molar-refractivity contribution in [2.24, 2.45) is 0 Å². The molecule has 20 aromatic rings. The molecule has 0 aliphatic carbocycles. The second kappa shape index (κ2) is 28.4. The summed E-state index contributed by atoms with van der Waals surface area (Å²) in [5.41, 5.74) is 17.6. The van der Waals surface area contributed by atoms with Crippen molar-refractivity contribution >= 4 is 136 Å². The maximum absolute atomic E-state index is 10.2. The van der Waals surface area contributed by atoms with Crippen LogP contribution in [-0.4, -0.2) is 17.2 Å². The second-order valence-corrected chi connectivity index (χ2v) is 27.8. The largest absolute Gasteiger partial charge is 0.489 e. The van der Waals surface area contributed by atoms with Crippen LogP contribution in [0.2, 0.25) is 0 Å². The minimum absolute atomic E-state index is 0. The number of hydrogen-bond donors (Lipinski definition) is 2. The molecule has 0 amide bonds. The van der Waals surface area contributed by atoms with Crippen molar-refractivity contribution in [2.45, 2.75) is 7.43 Å². The molecule has 0 fully saturated rings. The van der Waals surface area contributed by atoms with Gasteiger partial charge in [0.25, 0.3) is 0 Å². The predicted molar refractivity (Wildman–Crippen MR) is 457 cm³/mol. The Kier molecular flexibility index (Phi) is 17.8. The molecule has 0 aliphatic heterocycles. The van der Waals surface area contributed by atoms with Crippen LogP contribution in [0.5, 0.6) is 0 Å². The summed E-state index contributed by atoms with van der Waals surface area (Å²) < 4.78 is 1.11. The van der Waals surface area contributed by atoms with Crippen LogP contribution in [0.3, 0.4) is 0 Å². The minimum Gasteiger partial charge on any atom is -0.423 e. The minimum atomic E-state index is -1.54. The molecule has 0 spiro atoms. The molecule has 20 aromatic carbocycles. The highest BCUT2D eigenvalue weighted by molar-refractivity contribution is 9.10. The van der Waals surface area contributed by atoms with Gasteiger partial charge in [0, 0.05) is 4.47 Å². The highest BCUT2D eigenvalue weighted by Gasteiger charge is 2.23. The Morgan fingerprint density at radius 3 is 0.838 bits per heavy atom. The van der Waals surface area contributed by atoms with Gasteiger partial charge in [0.1, 0.15) is 0 Å². The number of fused-ring (bicyclic) bond motifs is 12. The first-order chi connectivity index (χ1) is 51.3. The standard InChI is InChI=1S/C50H32.C30H21BO2.C20H13Br.CH4/c1-3-16-41-33(11-1)13-10-22-42(41)35-25-28-37(29-26-35)49-44-18-5-7-20-46(44)50(47-21-8-6-19-45(47)49)40-15-9-14-38(31-40)39-30-27-36-24-23-34-12-2-4-17-43(34)48(36)32-39;32-31(33)30-27-13-5-3-11-25(27)29(26-12-4-6-14-28(26)30)22-18-16-21(17-19-22)24-15-7-9-20-8-1-2-10-23(20)24;21-18-6-3-5-16(12-18)17-11-10-15-9-8-14-4-1-2-7-19(14)20(15)13-17;/h1-32H;1-19,32-33H;1-13H;1H4. The van der Waals surface area contributed by atoms with Crippen LogP contribution >= 0.6 is 15.9 Å². The lowest BCUT2D eigenvalue weighted by atomic mass is 9.72. The fourth-order valence-electron chi connectivity index (χ4n) is 16.0. The fraction of sp³-hybridized carbons (Fsp3) is 0.00990. The van der Waals surface area contributed by atoms with Crippen molar-refractivity contribution in [1.29, 1.82) is 0 Å². The Hall–Kier alpha value is -12.5. The molecule has 0 unspecified atom stereocenters. The van der Waals surface area contributed by atoms with E-state index in [2.05, 4.69) is 368 Å². The Balaban J connectivity index is 0.000000127. The van der Waals surface area contributed by atoms with Gasteiger partial charge in [-0.1, -0.05) is 381 Å². The Labute approximate surface area is 619 Å². The average molecular weight is 1410 g/mol. The number of rotatable bonds is 8. The van der Waals surface area contributed by atoms with Gasteiger partial charge in [0.2, 0.25) is 0 Å². The molecule has 0 radical (unpaired) electrons. The van der Waals surface area contributed by atoms with Gasteiger partial charge in [-0.25, -0.2) is 0 Å². The molecule has 105 heavy (non-hydrogen) atoms. The van der Waals surface area contributed by atoms with Gasteiger partial charge in [-0.15, -0.1) is 0 Å². The first-order valence-corrected chi connectivity index (χ1v) is 36.2. The smallest absolute Gasteiger partial charge is 0.423 e. The van der Waals surface area contributed by atoms with Crippen LogP contribution in [0.25, 0.3) is 186 Å². The summed E-state index contributed by atoms with van der Waals surface area (Å²) in [5.74, 6) is 0. The van der Waals surface area contributed by atoms with Crippen LogP contribution in [0.15, 0.2) is 393 Å². The molecule has 0 atom stereocenters. The zero-order chi connectivity index (χ0) is 69.6.